The fourth-order valence-corrected chi connectivity index (χ4v) is 2.99. The normalized spacial score (nSPS) is 18.1. The van der Waals surface area contributed by atoms with E-state index in [2.05, 4.69) is 48.9 Å². The lowest BCUT2D eigenvalue weighted by atomic mass is 9.94. The number of benzene rings is 1. The zero-order valence-electron chi connectivity index (χ0n) is 13.8. The summed E-state index contributed by atoms with van der Waals surface area (Å²) in [5.74, 6) is 2.84. The van der Waals surface area contributed by atoms with E-state index in [1.165, 1.54) is 16.7 Å². The van der Waals surface area contributed by atoms with Crippen molar-refractivity contribution in [1.82, 2.24) is 9.97 Å². The number of hydrogen-bond acceptors (Lipinski definition) is 3. The smallest absolute Gasteiger partial charge is 0.125 e. The maximum Gasteiger partial charge on any atom is 0.125 e. The Morgan fingerprint density at radius 2 is 1.86 bits per heavy atom. The van der Waals surface area contributed by atoms with Crippen molar-refractivity contribution in [2.75, 3.05) is 0 Å². The van der Waals surface area contributed by atoms with E-state index in [1.54, 1.807) is 0 Å². The number of ether oxygens (including phenoxy) is 1. The third-order valence-electron chi connectivity index (χ3n) is 4.49. The number of rotatable bonds is 4. The quantitative estimate of drug-likeness (QED) is 0.838. The van der Waals surface area contributed by atoms with Crippen molar-refractivity contribution in [3.63, 3.8) is 0 Å². The van der Waals surface area contributed by atoms with Gasteiger partial charge in [-0.25, -0.2) is 9.97 Å². The van der Waals surface area contributed by atoms with Gasteiger partial charge in [-0.2, -0.15) is 0 Å². The van der Waals surface area contributed by atoms with Crippen LogP contribution in [-0.4, -0.2) is 16.1 Å². The molecule has 0 bridgehead atoms. The average molecular weight is 296 g/mol. The van der Waals surface area contributed by atoms with E-state index in [0.29, 0.717) is 11.8 Å². The van der Waals surface area contributed by atoms with Gasteiger partial charge in [0.15, 0.2) is 0 Å². The second-order valence-electron chi connectivity index (χ2n) is 6.67. The fraction of sp³-hybridized carbons (Fsp3) is 0.474. The zero-order valence-corrected chi connectivity index (χ0v) is 13.8. The third kappa shape index (κ3) is 3.13. The molecule has 1 aliphatic heterocycles. The van der Waals surface area contributed by atoms with Crippen LogP contribution in [-0.2, 0) is 6.42 Å². The van der Waals surface area contributed by atoms with Gasteiger partial charge in [-0.05, 0) is 47.9 Å². The van der Waals surface area contributed by atoms with Crippen molar-refractivity contribution in [2.45, 2.75) is 58.5 Å². The van der Waals surface area contributed by atoms with E-state index in [0.717, 1.165) is 24.4 Å². The minimum absolute atomic E-state index is 0.258. The lowest BCUT2D eigenvalue weighted by molar-refractivity contribution is 0.212. The second-order valence-corrected chi connectivity index (χ2v) is 6.67. The van der Waals surface area contributed by atoms with Crippen LogP contribution in [0.15, 0.2) is 30.6 Å². The predicted octanol–water partition coefficient (Wildman–Crippen LogP) is 4.41. The molecule has 3 nitrogen and oxygen atoms in total. The first-order chi connectivity index (χ1) is 10.5. The Morgan fingerprint density at radius 3 is 2.55 bits per heavy atom. The molecule has 0 aliphatic carbocycles. The van der Waals surface area contributed by atoms with Gasteiger partial charge in [0.05, 0.1) is 0 Å². The van der Waals surface area contributed by atoms with E-state index >= 15 is 0 Å². The van der Waals surface area contributed by atoms with Crippen molar-refractivity contribution in [3.05, 3.63) is 53.1 Å². The maximum absolute atomic E-state index is 6.17. The van der Waals surface area contributed by atoms with Gasteiger partial charge in [-0.1, -0.05) is 32.9 Å². The molecule has 0 spiro atoms. The Morgan fingerprint density at radius 1 is 1.14 bits per heavy atom. The number of nitrogens with zero attached hydrogens (tertiary/aromatic N) is 2. The number of aromatic nitrogens is 2. The van der Waals surface area contributed by atoms with Crippen LogP contribution in [0.1, 0.15) is 61.5 Å². The third-order valence-corrected chi connectivity index (χ3v) is 4.49. The molecule has 0 N–H and O–H groups in total. The van der Waals surface area contributed by atoms with Gasteiger partial charge < -0.3 is 4.74 Å². The molecule has 0 amide bonds. The van der Waals surface area contributed by atoms with Crippen LogP contribution in [0.4, 0.5) is 0 Å². The number of hydrogen-bond donors (Lipinski definition) is 0. The largest absolute Gasteiger partial charge is 0.490 e. The van der Waals surface area contributed by atoms with Gasteiger partial charge >= 0.3 is 0 Å². The van der Waals surface area contributed by atoms with E-state index in [-0.39, 0.29) is 6.10 Å². The van der Waals surface area contributed by atoms with Crippen molar-refractivity contribution in [3.8, 4) is 5.75 Å². The maximum atomic E-state index is 6.17. The molecule has 0 saturated heterocycles. The van der Waals surface area contributed by atoms with Gasteiger partial charge in [0, 0.05) is 18.8 Å². The predicted molar refractivity (Wildman–Crippen MR) is 88.5 cm³/mol. The molecule has 116 valence electrons. The highest BCUT2D eigenvalue weighted by Gasteiger charge is 2.25. The van der Waals surface area contributed by atoms with E-state index in [9.17, 15) is 0 Å². The van der Waals surface area contributed by atoms with Crippen LogP contribution in [0.2, 0.25) is 0 Å². The Kier molecular flexibility index (Phi) is 4.14. The number of fused-ring (bicyclic) bond motifs is 1. The van der Waals surface area contributed by atoms with Gasteiger partial charge in [-0.3, -0.25) is 0 Å². The molecule has 22 heavy (non-hydrogen) atoms. The summed E-state index contributed by atoms with van der Waals surface area (Å²) in [6, 6.07) is 6.66. The summed E-state index contributed by atoms with van der Waals surface area (Å²) >= 11 is 0. The standard InChI is InChI=1S/C19H24N2O/c1-12(2)15-5-6-16-8-18(22-19(16)9-15)7-13(3)17-10-20-14(4)21-11-17/h5-6,9-13,18H,7-8H2,1-4H3/t13-,18?/m0/s1. The van der Waals surface area contributed by atoms with E-state index in [4.69, 9.17) is 4.74 Å². The molecule has 3 rings (SSSR count). The zero-order chi connectivity index (χ0) is 15.7. The summed E-state index contributed by atoms with van der Waals surface area (Å²) in [7, 11) is 0. The van der Waals surface area contributed by atoms with Crippen LogP contribution in [0.3, 0.4) is 0 Å². The molecule has 1 aliphatic rings. The lowest BCUT2D eigenvalue weighted by Crippen LogP contribution is -2.16. The summed E-state index contributed by atoms with van der Waals surface area (Å²) in [4.78, 5) is 8.59. The molecular formula is C19H24N2O. The summed E-state index contributed by atoms with van der Waals surface area (Å²) < 4.78 is 6.17. The van der Waals surface area contributed by atoms with Gasteiger partial charge in [-0.15, -0.1) is 0 Å². The minimum atomic E-state index is 0.258. The summed E-state index contributed by atoms with van der Waals surface area (Å²) in [6.45, 7) is 8.57. The average Bonchev–Trinajstić information content (AvgIpc) is 2.88. The Hall–Kier alpha value is -1.90. The second kappa shape index (κ2) is 6.07. The Labute approximate surface area is 132 Å². The topological polar surface area (TPSA) is 35.0 Å². The van der Waals surface area contributed by atoms with Crippen LogP contribution in [0.25, 0.3) is 0 Å². The highest BCUT2D eigenvalue weighted by molar-refractivity contribution is 5.42. The van der Waals surface area contributed by atoms with Gasteiger partial charge in [0.1, 0.15) is 17.7 Å². The van der Waals surface area contributed by atoms with E-state index < -0.39 is 0 Å². The van der Waals surface area contributed by atoms with Gasteiger partial charge in [0.25, 0.3) is 0 Å². The molecular weight excluding hydrogens is 272 g/mol. The molecule has 2 atom stereocenters. The molecule has 1 unspecified atom stereocenters. The first-order valence-corrected chi connectivity index (χ1v) is 8.11. The monoisotopic (exact) mass is 296 g/mol. The van der Waals surface area contributed by atoms with Crippen LogP contribution >= 0.6 is 0 Å². The van der Waals surface area contributed by atoms with E-state index in [1.807, 2.05) is 19.3 Å². The first kappa shape index (κ1) is 15.0. The summed E-state index contributed by atoms with van der Waals surface area (Å²) in [5.41, 5.74) is 3.87. The van der Waals surface area contributed by atoms with Crippen LogP contribution in [0.5, 0.6) is 5.75 Å². The molecule has 3 heteroatoms. The highest BCUT2D eigenvalue weighted by atomic mass is 16.5. The summed E-state index contributed by atoms with van der Waals surface area (Å²) in [6.07, 6.45) is 6.13. The van der Waals surface area contributed by atoms with Crippen LogP contribution in [0, 0.1) is 6.92 Å². The van der Waals surface area contributed by atoms with Crippen molar-refractivity contribution >= 4 is 0 Å². The fourth-order valence-electron chi connectivity index (χ4n) is 2.99. The van der Waals surface area contributed by atoms with Gasteiger partial charge in [0.2, 0.25) is 0 Å². The number of aryl methyl sites for hydroxylation is 1. The SMILES string of the molecule is Cc1ncc([C@@H](C)CC2Cc3ccc(C(C)C)cc3O2)cn1. The van der Waals surface area contributed by atoms with Crippen LogP contribution < -0.4 is 4.74 Å². The highest BCUT2D eigenvalue weighted by Crippen LogP contribution is 2.35. The molecule has 0 saturated carbocycles. The molecule has 2 aromatic rings. The van der Waals surface area contributed by atoms with Crippen molar-refractivity contribution in [2.24, 2.45) is 0 Å². The molecule has 1 aromatic carbocycles. The molecule has 2 heterocycles. The minimum Gasteiger partial charge on any atom is -0.490 e. The Balaban J connectivity index is 1.67. The Bertz CT molecular complexity index is 649. The van der Waals surface area contributed by atoms with Crippen molar-refractivity contribution in [1.29, 1.82) is 0 Å². The first-order valence-electron chi connectivity index (χ1n) is 8.11. The lowest BCUT2D eigenvalue weighted by Gasteiger charge is -2.16. The molecule has 1 aromatic heterocycles. The summed E-state index contributed by atoms with van der Waals surface area (Å²) in [5, 5.41) is 0. The molecule has 0 radical (unpaired) electrons. The molecule has 0 fully saturated rings. The van der Waals surface area contributed by atoms with Crippen molar-refractivity contribution < 1.29 is 4.74 Å².